The molecule has 1 saturated heterocycles. The monoisotopic (exact) mass is 349 g/mol. The van der Waals surface area contributed by atoms with Gasteiger partial charge in [0.05, 0.1) is 12.1 Å². The Labute approximate surface area is 146 Å². The van der Waals surface area contributed by atoms with Gasteiger partial charge in [0.2, 0.25) is 0 Å². The summed E-state index contributed by atoms with van der Waals surface area (Å²) in [6, 6.07) is 8.53. The second-order valence-electron chi connectivity index (χ2n) is 5.54. The molecule has 0 spiro atoms. The van der Waals surface area contributed by atoms with E-state index in [2.05, 4.69) is 5.32 Å². The van der Waals surface area contributed by atoms with Crippen LogP contribution in [-0.2, 0) is 6.54 Å². The number of furan rings is 1. The molecular formula is C17H20ClN3O3. The summed E-state index contributed by atoms with van der Waals surface area (Å²) in [5.74, 6) is 0.330. The fourth-order valence-corrected chi connectivity index (χ4v) is 2.61. The van der Waals surface area contributed by atoms with Gasteiger partial charge < -0.3 is 20.4 Å². The maximum absolute atomic E-state index is 12.3. The van der Waals surface area contributed by atoms with Crippen molar-refractivity contribution >= 4 is 29.9 Å². The van der Waals surface area contributed by atoms with Crippen LogP contribution in [0.1, 0.15) is 39.3 Å². The van der Waals surface area contributed by atoms with Crippen LogP contribution in [-0.4, -0.2) is 29.8 Å². The summed E-state index contributed by atoms with van der Waals surface area (Å²) in [6.45, 7) is 1.89. The van der Waals surface area contributed by atoms with Crippen molar-refractivity contribution in [1.29, 1.82) is 0 Å². The molecule has 24 heavy (non-hydrogen) atoms. The topological polar surface area (TPSA) is 88.6 Å². The number of likely N-dealkylation sites (tertiary alicyclic amines) is 1. The van der Waals surface area contributed by atoms with Crippen molar-refractivity contribution in [2.75, 3.05) is 18.4 Å². The van der Waals surface area contributed by atoms with Crippen LogP contribution in [0.5, 0.6) is 0 Å². The molecule has 0 radical (unpaired) electrons. The summed E-state index contributed by atoms with van der Waals surface area (Å²) < 4.78 is 5.14. The van der Waals surface area contributed by atoms with E-state index in [0.29, 0.717) is 22.6 Å². The van der Waals surface area contributed by atoms with Gasteiger partial charge in [-0.1, -0.05) is 0 Å². The minimum Gasteiger partial charge on any atom is -0.467 e. The Hall–Kier alpha value is -2.31. The predicted molar refractivity (Wildman–Crippen MR) is 93.4 cm³/mol. The second-order valence-corrected chi connectivity index (χ2v) is 5.54. The van der Waals surface area contributed by atoms with E-state index in [0.717, 1.165) is 25.9 Å². The average Bonchev–Trinajstić information content (AvgIpc) is 3.26. The lowest BCUT2D eigenvalue weighted by Gasteiger charge is -2.15. The van der Waals surface area contributed by atoms with E-state index < -0.39 is 0 Å². The van der Waals surface area contributed by atoms with Crippen molar-refractivity contribution in [3.63, 3.8) is 0 Å². The largest absolute Gasteiger partial charge is 0.467 e. The van der Waals surface area contributed by atoms with Crippen LogP contribution in [0.3, 0.4) is 0 Å². The molecule has 0 atom stereocenters. The van der Waals surface area contributed by atoms with Crippen LogP contribution in [0.4, 0.5) is 5.69 Å². The van der Waals surface area contributed by atoms with Gasteiger partial charge in [0, 0.05) is 24.3 Å². The van der Waals surface area contributed by atoms with Crippen molar-refractivity contribution in [1.82, 2.24) is 4.90 Å². The molecule has 1 aliphatic heterocycles. The van der Waals surface area contributed by atoms with E-state index >= 15 is 0 Å². The standard InChI is InChI=1S/C17H19N3O3.ClH/c18-10-15-9-13(11-23-15)16(21)19-14-5-3-12(4-6-14)17(22)20-7-1-2-8-20;/h3-6,9,11H,1-2,7-8,10,18H2,(H,19,21);1H. The Morgan fingerprint density at radius 3 is 2.38 bits per heavy atom. The minimum absolute atomic E-state index is 0. The molecular weight excluding hydrogens is 330 g/mol. The van der Waals surface area contributed by atoms with Gasteiger partial charge in [-0.2, -0.15) is 0 Å². The molecule has 7 heteroatoms. The summed E-state index contributed by atoms with van der Waals surface area (Å²) in [5, 5.41) is 2.77. The average molecular weight is 350 g/mol. The Kier molecular flexibility index (Phi) is 6.00. The Balaban J connectivity index is 0.00000208. The number of nitrogens with two attached hydrogens (primary N) is 1. The molecule has 2 aromatic rings. The summed E-state index contributed by atoms with van der Waals surface area (Å²) in [5.41, 5.74) is 7.14. The molecule has 2 heterocycles. The van der Waals surface area contributed by atoms with Gasteiger partial charge in [-0.05, 0) is 43.2 Å². The van der Waals surface area contributed by atoms with Gasteiger partial charge in [0.1, 0.15) is 12.0 Å². The number of hydrogen-bond acceptors (Lipinski definition) is 4. The maximum Gasteiger partial charge on any atom is 0.258 e. The zero-order chi connectivity index (χ0) is 16.2. The quantitative estimate of drug-likeness (QED) is 0.888. The van der Waals surface area contributed by atoms with Crippen LogP contribution >= 0.6 is 12.4 Å². The summed E-state index contributed by atoms with van der Waals surface area (Å²) >= 11 is 0. The third-order valence-corrected chi connectivity index (χ3v) is 3.90. The fraction of sp³-hybridized carbons (Fsp3) is 0.294. The molecule has 6 nitrogen and oxygen atoms in total. The SMILES string of the molecule is Cl.NCc1cc(C(=O)Nc2ccc(C(=O)N3CCCC3)cc2)co1. The number of amides is 2. The van der Waals surface area contributed by atoms with Gasteiger partial charge in [-0.25, -0.2) is 0 Å². The third-order valence-electron chi connectivity index (χ3n) is 3.90. The van der Waals surface area contributed by atoms with E-state index in [1.807, 2.05) is 4.90 Å². The molecule has 0 aliphatic carbocycles. The highest BCUT2D eigenvalue weighted by atomic mass is 35.5. The van der Waals surface area contributed by atoms with Crippen LogP contribution in [0.15, 0.2) is 41.0 Å². The van der Waals surface area contributed by atoms with Crippen molar-refractivity contribution < 1.29 is 14.0 Å². The molecule has 1 aliphatic rings. The van der Waals surface area contributed by atoms with Gasteiger partial charge >= 0.3 is 0 Å². The van der Waals surface area contributed by atoms with E-state index in [1.54, 1.807) is 30.3 Å². The van der Waals surface area contributed by atoms with E-state index in [9.17, 15) is 9.59 Å². The van der Waals surface area contributed by atoms with Gasteiger partial charge in [0.25, 0.3) is 11.8 Å². The Morgan fingerprint density at radius 2 is 1.79 bits per heavy atom. The zero-order valence-corrected chi connectivity index (χ0v) is 14.0. The van der Waals surface area contributed by atoms with Crippen LogP contribution in [0, 0.1) is 0 Å². The highest BCUT2D eigenvalue weighted by Crippen LogP contribution is 2.16. The number of halogens is 1. The van der Waals surface area contributed by atoms with E-state index in [4.69, 9.17) is 10.2 Å². The summed E-state index contributed by atoms with van der Waals surface area (Å²) in [6.07, 6.45) is 3.51. The van der Waals surface area contributed by atoms with Crippen molar-refractivity contribution in [2.45, 2.75) is 19.4 Å². The smallest absolute Gasteiger partial charge is 0.258 e. The molecule has 3 rings (SSSR count). The molecule has 0 bridgehead atoms. The lowest BCUT2D eigenvalue weighted by molar-refractivity contribution is 0.0792. The van der Waals surface area contributed by atoms with Gasteiger partial charge in [-0.3, -0.25) is 9.59 Å². The number of hydrogen-bond donors (Lipinski definition) is 2. The first-order valence-corrected chi connectivity index (χ1v) is 7.65. The highest BCUT2D eigenvalue weighted by Gasteiger charge is 2.19. The highest BCUT2D eigenvalue weighted by molar-refractivity contribution is 6.04. The molecule has 3 N–H and O–H groups in total. The first-order chi connectivity index (χ1) is 11.2. The Bertz CT molecular complexity index is 706. The first kappa shape index (κ1) is 18.0. The maximum atomic E-state index is 12.3. The third kappa shape index (κ3) is 3.96. The van der Waals surface area contributed by atoms with Crippen molar-refractivity contribution in [2.24, 2.45) is 5.73 Å². The minimum atomic E-state index is -0.271. The number of benzene rings is 1. The zero-order valence-electron chi connectivity index (χ0n) is 13.2. The number of carbonyl (C=O) groups excluding carboxylic acids is 2. The molecule has 1 aromatic heterocycles. The number of rotatable bonds is 4. The molecule has 1 fully saturated rings. The number of carbonyl (C=O) groups is 2. The van der Waals surface area contributed by atoms with Crippen molar-refractivity contribution in [3.05, 3.63) is 53.5 Å². The van der Waals surface area contributed by atoms with Crippen LogP contribution < -0.4 is 11.1 Å². The van der Waals surface area contributed by atoms with Gasteiger partial charge in [-0.15, -0.1) is 12.4 Å². The fourth-order valence-electron chi connectivity index (χ4n) is 2.61. The summed E-state index contributed by atoms with van der Waals surface area (Å²) in [4.78, 5) is 26.2. The molecule has 1 aromatic carbocycles. The molecule has 128 valence electrons. The van der Waals surface area contributed by atoms with E-state index in [-0.39, 0.29) is 30.8 Å². The van der Waals surface area contributed by atoms with E-state index in [1.165, 1.54) is 6.26 Å². The molecule has 2 amide bonds. The van der Waals surface area contributed by atoms with Crippen LogP contribution in [0.2, 0.25) is 0 Å². The summed E-state index contributed by atoms with van der Waals surface area (Å²) in [7, 11) is 0. The van der Waals surface area contributed by atoms with Crippen LogP contribution in [0.25, 0.3) is 0 Å². The molecule has 0 unspecified atom stereocenters. The number of nitrogens with zero attached hydrogens (tertiary/aromatic N) is 1. The second kappa shape index (κ2) is 7.99. The first-order valence-electron chi connectivity index (χ1n) is 7.65. The number of nitrogens with one attached hydrogen (secondary N) is 1. The lowest BCUT2D eigenvalue weighted by Crippen LogP contribution is -2.27. The molecule has 0 saturated carbocycles. The number of anilines is 1. The Morgan fingerprint density at radius 1 is 1.12 bits per heavy atom. The van der Waals surface area contributed by atoms with Gasteiger partial charge in [0.15, 0.2) is 0 Å². The van der Waals surface area contributed by atoms with Crippen molar-refractivity contribution in [3.8, 4) is 0 Å². The normalized spacial score (nSPS) is 13.5. The lowest BCUT2D eigenvalue weighted by atomic mass is 10.1. The predicted octanol–water partition coefficient (Wildman–Crippen LogP) is 2.65.